The number of thiophene rings is 1. The van der Waals surface area contributed by atoms with Gasteiger partial charge >= 0.3 is 0 Å². The minimum absolute atomic E-state index is 0.283. The molecular formula is C29H25F2NOS. The van der Waals surface area contributed by atoms with Crippen molar-refractivity contribution in [2.45, 2.75) is 26.2 Å². The van der Waals surface area contributed by atoms with E-state index in [4.69, 9.17) is 0 Å². The predicted molar refractivity (Wildman–Crippen MR) is 138 cm³/mol. The summed E-state index contributed by atoms with van der Waals surface area (Å²) in [5.41, 5.74) is 4.06. The Labute approximate surface area is 202 Å². The second-order valence-corrected chi connectivity index (χ2v) is 9.13. The van der Waals surface area contributed by atoms with Crippen molar-refractivity contribution in [3.05, 3.63) is 111 Å². The second kappa shape index (κ2) is 11.0. The number of carbonyl (C=O) groups is 1. The standard InChI is InChI=1S/C29H25F2NOS/c1-2-3-4-21-5-11-24(12-6-21)32(29-18-10-23(30)19-28(29)31)25-13-7-22(8-14-25)9-15-26-16-17-27(20-33)34-26/h5-20H,2-4H2,1H3. The molecule has 0 aliphatic carbocycles. The quantitative estimate of drug-likeness (QED) is 0.226. The fraction of sp³-hybridized carbons (Fsp3) is 0.138. The van der Waals surface area contributed by atoms with Gasteiger partial charge in [0.25, 0.3) is 0 Å². The number of halogens is 2. The van der Waals surface area contributed by atoms with E-state index in [1.807, 2.05) is 54.6 Å². The van der Waals surface area contributed by atoms with Gasteiger partial charge in [0.1, 0.15) is 11.6 Å². The molecule has 0 spiro atoms. The SMILES string of the molecule is CCCCc1ccc(N(c2ccc(C=Cc3ccc(C=O)s3)cc2)c2ccc(F)cc2F)cc1. The summed E-state index contributed by atoms with van der Waals surface area (Å²) in [5.74, 6) is -1.23. The fourth-order valence-corrected chi connectivity index (χ4v) is 4.45. The van der Waals surface area contributed by atoms with Crippen LogP contribution in [-0.2, 0) is 6.42 Å². The number of unbranched alkanes of at least 4 members (excludes halogenated alkanes) is 1. The van der Waals surface area contributed by atoms with Crippen LogP contribution in [0.1, 0.15) is 45.4 Å². The predicted octanol–water partition coefficient (Wildman–Crippen LogP) is 8.82. The Balaban J connectivity index is 1.65. The lowest BCUT2D eigenvalue weighted by Gasteiger charge is -2.26. The first-order valence-corrected chi connectivity index (χ1v) is 12.1. The van der Waals surface area contributed by atoms with E-state index in [1.54, 1.807) is 11.0 Å². The lowest BCUT2D eigenvalue weighted by molar-refractivity contribution is 0.112. The van der Waals surface area contributed by atoms with E-state index in [-0.39, 0.29) is 5.69 Å². The van der Waals surface area contributed by atoms with Crippen LogP contribution in [0.2, 0.25) is 0 Å². The summed E-state index contributed by atoms with van der Waals surface area (Å²) in [6.45, 7) is 2.16. The van der Waals surface area contributed by atoms with Crippen molar-refractivity contribution in [1.29, 1.82) is 0 Å². The smallest absolute Gasteiger partial charge is 0.160 e. The number of carbonyl (C=O) groups excluding carboxylic acids is 1. The summed E-state index contributed by atoms with van der Waals surface area (Å²) in [6.07, 6.45) is 8.01. The summed E-state index contributed by atoms with van der Waals surface area (Å²) in [4.78, 5) is 14.3. The van der Waals surface area contributed by atoms with Crippen LogP contribution in [0, 0.1) is 11.6 Å². The van der Waals surface area contributed by atoms with E-state index >= 15 is 0 Å². The molecule has 3 aromatic carbocycles. The van der Waals surface area contributed by atoms with Crippen molar-refractivity contribution in [2.75, 3.05) is 4.90 Å². The van der Waals surface area contributed by atoms with E-state index in [0.717, 1.165) is 53.4 Å². The van der Waals surface area contributed by atoms with Crippen LogP contribution in [0.25, 0.3) is 12.2 Å². The minimum atomic E-state index is -0.622. The number of rotatable bonds is 9. The highest BCUT2D eigenvalue weighted by molar-refractivity contribution is 7.14. The molecule has 1 heterocycles. The molecule has 0 unspecified atom stereocenters. The number of hydrogen-bond donors (Lipinski definition) is 0. The van der Waals surface area contributed by atoms with E-state index in [9.17, 15) is 13.6 Å². The Bertz CT molecular complexity index is 1280. The van der Waals surface area contributed by atoms with Gasteiger partial charge in [-0.05, 0) is 78.6 Å². The molecule has 34 heavy (non-hydrogen) atoms. The lowest BCUT2D eigenvalue weighted by atomic mass is 10.1. The average molecular weight is 474 g/mol. The van der Waals surface area contributed by atoms with Crippen molar-refractivity contribution in [1.82, 2.24) is 0 Å². The zero-order chi connectivity index (χ0) is 23.9. The van der Waals surface area contributed by atoms with Crippen molar-refractivity contribution in [3.8, 4) is 0 Å². The minimum Gasteiger partial charge on any atom is -0.308 e. The molecule has 0 radical (unpaired) electrons. The molecule has 2 nitrogen and oxygen atoms in total. The number of aldehydes is 1. The van der Waals surface area contributed by atoms with Gasteiger partial charge in [-0.2, -0.15) is 0 Å². The molecule has 0 atom stereocenters. The lowest BCUT2D eigenvalue weighted by Crippen LogP contribution is -2.12. The molecule has 0 aliphatic heterocycles. The second-order valence-electron chi connectivity index (χ2n) is 7.98. The Morgan fingerprint density at radius 1 is 0.824 bits per heavy atom. The first-order chi connectivity index (χ1) is 16.6. The number of hydrogen-bond acceptors (Lipinski definition) is 3. The molecule has 0 saturated heterocycles. The van der Waals surface area contributed by atoms with E-state index < -0.39 is 11.6 Å². The van der Waals surface area contributed by atoms with Gasteiger partial charge in [0.05, 0.1) is 10.6 Å². The van der Waals surface area contributed by atoms with E-state index in [0.29, 0.717) is 4.88 Å². The van der Waals surface area contributed by atoms with Crippen LogP contribution in [-0.4, -0.2) is 6.29 Å². The van der Waals surface area contributed by atoms with Crippen LogP contribution < -0.4 is 4.90 Å². The molecular weight excluding hydrogens is 448 g/mol. The average Bonchev–Trinajstić information content (AvgIpc) is 3.32. The first-order valence-electron chi connectivity index (χ1n) is 11.2. The Kier molecular flexibility index (Phi) is 7.65. The third-order valence-corrected chi connectivity index (χ3v) is 6.50. The Morgan fingerprint density at radius 2 is 1.50 bits per heavy atom. The van der Waals surface area contributed by atoms with Crippen LogP contribution in [0.15, 0.2) is 78.9 Å². The van der Waals surface area contributed by atoms with Gasteiger partial charge < -0.3 is 4.90 Å². The van der Waals surface area contributed by atoms with Crippen LogP contribution in [0.5, 0.6) is 0 Å². The van der Waals surface area contributed by atoms with Gasteiger partial charge in [-0.15, -0.1) is 11.3 Å². The Morgan fingerprint density at radius 3 is 2.12 bits per heavy atom. The van der Waals surface area contributed by atoms with Gasteiger partial charge in [-0.25, -0.2) is 8.78 Å². The Hall–Kier alpha value is -3.57. The molecule has 0 aliphatic rings. The van der Waals surface area contributed by atoms with Crippen molar-refractivity contribution in [2.24, 2.45) is 0 Å². The zero-order valence-corrected chi connectivity index (χ0v) is 19.7. The summed E-state index contributed by atoms with van der Waals surface area (Å²) in [5, 5.41) is 0. The monoisotopic (exact) mass is 473 g/mol. The fourth-order valence-electron chi connectivity index (χ4n) is 3.72. The van der Waals surface area contributed by atoms with Gasteiger partial charge in [-0.3, -0.25) is 4.79 Å². The molecule has 5 heteroatoms. The maximum absolute atomic E-state index is 14.8. The van der Waals surface area contributed by atoms with Gasteiger partial charge in [0, 0.05) is 22.3 Å². The van der Waals surface area contributed by atoms with Crippen molar-refractivity contribution >= 4 is 46.8 Å². The molecule has 4 aromatic rings. The van der Waals surface area contributed by atoms with Crippen molar-refractivity contribution in [3.63, 3.8) is 0 Å². The summed E-state index contributed by atoms with van der Waals surface area (Å²) >= 11 is 1.43. The summed E-state index contributed by atoms with van der Waals surface area (Å²) in [6, 6.07) is 23.1. The molecule has 4 rings (SSSR count). The summed E-state index contributed by atoms with van der Waals surface area (Å²) in [7, 11) is 0. The number of nitrogens with zero attached hydrogens (tertiary/aromatic N) is 1. The molecule has 1 aromatic heterocycles. The van der Waals surface area contributed by atoms with Gasteiger partial charge in [-0.1, -0.05) is 43.7 Å². The third kappa shape index (κ3) is 5.67. The van der Waals surface area contributed by atoms with E-state index in [2.05, 4.69) is 19.1 Å². The molecule has 0 fully saturated rings. The topological polar surface area (TPSA) is 20.3 Å². The van der Waals surface area contributed by atoms with Gasteiger partial charge in [0.2, 0.25) is 0 Å². The van der Waals surface area contributed by atoms with Crippen molar-refractivity contribution < 1.29 is 13.6 Å². The highest BCUT2D eigenvalue weighted by atomic mass is 32.1. The van der Waals surface area contributed by atoms with E-state index in [1.165, 1.54) is 29.0 Å². The summed E-state index contributed by atoms with van der Waals surface area (Å²) < 4.78 is 28.4. The van der Waals surface area contributed by atoms with Crippen LogP contribution >= 0.6 is 11.3 Å². The maximum atomic E-state index is 14.8. The third-order valence-electron chi connectivity index (χ3n) is 5.52. The molecule has 0 amide bonds. The molecule has 0 bridgehead atoms. The highest BCUT2D eigenvalue weighted by Gasteiger charge is 2.17. The molecule has 0 N–H and O–H groups in total. The normalized spacial score (nSPS) is 11.1. The number of benzene rings is 3. The number of aryl methyl sites for hydroxylation is 1. The number of anilines is 3. The van der Waals surface area contributed by atoms with Crippen LogP contribution in [0.3, 0.4) is 0 Å². The van der Waals surface area contributed by atoms with Crippen LogP contribution in [0.4, 0.5) is 25.8 Å². The maximum Gasteiger partial charge on any atom is 0.160 e. The largest absolute Gasteiger partial charge is 0.308 e. The first kappa shape index (κ1) is 23.6. The highest BCUT2D eigenvalue weighted by Crippen LogP contribution is 2.36. The zero-order valence-electron chi connectivity index (χ0n) is 18.9. The molecule has 172 valence electrons. The molecule has 0 saturated carbocycles. The van der Waals surface area contributed by atoms with Gasteiger partial charge in [0.15, 0.2) is 6.29 Å².